The Morgan fingerprint density at radius 2 is 1.15 bits per heavy atom. The van der Waals surface area contributed by atoms with Gasteiger partial charge in [0.2, 0.25) is 5.79 Å². The van der Waals surface area contributed by atoms with Crippen LogP contribution in [0, 0.1) is 0 Å². The van der Waals surface area contributed by atoms with Crippen molar-refractivity contribution in [3.8, 4) is 0 Å². The van der Waals surface area contributed by atoms with Gasteiger partial charge in [-0.05, 0) is 16.7 Å². The van der Waals surface area contributed by atoms with E-state index in [9.17, 15) is 10.2 Å². The summed E-state index contributed by atoms with van der Waals surface area (Å²) >= 11 is 0. The molecule has 0 atom stereocenters. The van der Waals surface area contributed by atoms with Crippen molar-refractivity contribution in [2.45, 2.75) is 24.9 Å². The van der Waals surface area contributed by atoms with Gasteiger partial charge in [0.1, 0.15) is 0 Å². The first kappa shape index (κ1) is 20.8. The van der Waals surface area contributed by atoms with Gasteiger partial charge in [0.05, 0.1) is 26.4 Å². The van der Waals surface area contributed by atoms with E-state index in [1.165, 1.54) is 14.2 Å². The smallest absolute Gasteiger partial charge is 0.213 e. The topological polar surface area (TPSA) is 77.4 Å². The zero-order valence-electron chi connectivity index (χ0n) is 15.8. The van der Waals surface area contributed by atoms with Crippen molar-refractivity contribution >= 4 is 0 Å². The molecule has 0 aromatic heterocycles. The maximum Gasteiger partial charge on any atom is 0.213 e. The van der Waals surface area contributed by atoms with E-state index in [0.29, 0.717) is 24.4 Å². The molecule has 0 heterocycles. The van der Waals surface area contributed by atoms with Crippen LogP contribution < -0.4 is 0 Å². The Bertz CT molecular complexity index is 612. The fourth-order valence-electron chi connectivity index (χ4n) is 3.20. The highest BCUT2D eigenvalue weighted by Gasteiger charge is 2.37. The zero-order chi connectivity index (χ0) is 19.2. The van der Waals surface area contributed by atoms with Gasteiger partial charge in [0, 0.05) is 45.5 Å². The predicted molar refractivity (Wildman–Crippen MR) is 97.7 cm³/mol. The Balaban J connectivity index is 2.48. The van der Waals surface area contributed by atoms with Crippen LogP contribution in [0.15, 0.2) is 41.5 Å². The molecule has 1 aromatic carbocycles. The summed E-state index contributed by atoms with van der Waals surface area (Å²) in [5.74, 6) is -2.20. The predicted octanol–water partition coefficient (Wildman–Crippen LogP) is 1.90. The number of rotatable bonds is 9. The fraction of sp³-hybridized carbons (Fsp3) is 0.500. The minimum Gasteiger partial charge on any atom is -0.380 e. The molecule has 2 N–H and O–H groups in total. The first-order valence-corrected chi connectivity index (χ1v) is 8.41. The van der Waals surface area contributed by atoms with Crippen LogP contribution in [0.5, 0.6) is 0 Å². The third-order valence-electron chi connectivity index (χ3n) is 4.34. The Kier molecular flexibility index (Phi) is 7.52. The average molecular weight is 364 g/mol. The van der Waals surface area contributed by atoms with E-state index in [-0.39, 0.29) is 19.1 Å². The normalized spacial score (nSPS) is 17.2. The molecule has 1 aromatic rings. The standard InChI is InChI=1S/C20H28O6/c1-23-10-14-5-15(11-24-2)7-16(6-14)17-8-18(12-25-3)20(21,22)19(9-17)13-26-4/h5-9,17,21-22H,10-13H2,1-4H3. The molecule has 2 rings (SSSR count). The van der Waals surface area contributed by atoms with Gasteiger partial charge in [-0.15, -0.1) is 0 Å². The molecule has 144 valence electrons. The van der Waals surface area contributed by atoms with Gasteiger partial charge in [-0.25, -0.2) is 0 Å². The minimum atomic E-state index is -2.07. The summed E-state index contributed by atoms with van der Waals surface area (Å²) < 4.78 is 20.8. The number of hydrogen-bond acceptors (Lipinski definition) is 6. The summed E-state index contributed by atoms with van der Waals surface area (Å²) in [4.78, 5) is 0. The first-order valence-electron chi connectivity index (χ1n) is 8.41. The van der Waals surface area contributed by atoms with E-state index in [1.54, 1.807) is 14.2 Å². The van der Waals surface area contributed by atoms with E-state index < -0.39 is 5.79 Å². The molecule has 6 heteroatoms. The summed E-state index contributed by atoms with van der Waals surface area (Å²) in [5.41, 5.74) is 3.87. The monoisotopic (exact) mass is 364 g/mol. The van der Waals surface area contributed by atoms with Crippen LogP contribution in [0.2, 0.25) is 0 Å². The SMILES string of the molecule is COCC1=CC(c2cc(COC)cc(COC)c2)C=C(COC)C1(O)O. The van der Waals surface area contributed by atoms with E-state index in [2.05, 4.69) is 12.1 Å². The fourth-order valence-corrected chi connectivity index (χ4v) is 3.20. The molecule has 6 nitrogen and oxygen atoms in total. The quantitative estimate of drug-likeness (QED) is 0.515. The average Bonchev–Trinajstić information content (AvgIpc) is 2.59. The van der Waals surface area contributed by atoms with Crippen LogP contribution in [-0.4, -0.2) is 57.7 Å². The van der Waals surface area contributed by atoms with Crippen molar-refractivity contribution in [3.05, 3.63) is 58.2 Å². The van der Waals surface area contributed by atoms with Crippen molar-refractivity contribution in [1.82, 2.24) is 0 Å². The van der Waals surface area contributed by atoms with E-state index in [0.717, 1.165) is 16.7 Å². The molecule has 1 aliphatic rings. The molecule has 26 heavy (non-hydrogen) atoms. The molecular formula is C20H28O6. The molecule has 0 fully saturated rings. The third-order valence-corrected chi connectivity index (χ3v) is 4.34. The van der Waals surface area contributed by atoms with Crippen molar-refractivity contribution in [2.24, 2.45) is 0 Å². The van der Waals surface area contributed by atoms with Crippen molar-refractivity contribution < 1.29 is 29.2 Å². The Labute approximate surface area is 154 Å². The molecule has 0 spiro atoms. The Morgan fingerprint density at radius 1 is 0.731 bits per heavy atom. The lowest BCUT2D eigenvalue weighted by atomic mass is 9.82. The molecule has 1 aliphatic carbocycles. The maximum atomic E-state index is 10.5. The molecule has 0 unspecified atom stereocenters. The summed E-state index contributed by atoms with van der Waals surface area (Å²) in [6, 6.07) is 6.15. The van der Waals surface area contributed by atoms with Gasteiger partial charge in [-0.3, -0.25) is 0 Å². The number of allylic oxidation sites excluding steroid dienone is 2. The second-order valence-corrected chi connectivity index (χ2v) is 6.40. The molecule has 0 aliphatic heterocycles. The summed E-state index contributed by atoms with van der Waals surface area (Å²) in [6.07, 6.45) is 3.65. The van der Waals surface area contributed by atoms with Gasteiger partial charge < -0.3 is 29.2 Å². The second-order valence-electron chi connectivity index (χ2n) is 6.40. The van der Waals surface area contributed by atoms with E-state index in [1.807, 2.05) is 18.2 Å². The number of benzene rings is 1. The first-order chi connectivity index (χ1) is 12.5. The Hall–Kier alpha value is -1.54. The van der Waals surface area contributed by atoms with Gasteiger partial charge in [-0.1, -0.05) is 30.4 Å². The lowest BCUT2D eigenvalue weighted by Gasteiger charge is -2.33. The van der Waals surface area contributed by atoms with Crippen molar-refractivity contribution in [1.29, 1.82) is 0 Å². The summed E-state index contributed by atoms with van der Waals surface area (Å²) in [6.45, 7) is 1.22. The lowest BCUT2D eigenvalue weighted by Crippen LogP contribution is -2.39. The lowest BCUT2D eigenvalue weighted by molar-refractivity contribution is -0.109. The highest BCUT2D eigenvalue weighted by molar-refractivity contribution is 5.45. The maximum absolute atomic E-state index is 10.5. The van der Waals surface area contributed by atoms with Crippen LogP contribution in [0.4, 0.5) is 0 Å². The molecule has 0 amide bonds. The van der Waals surface area contributed by atoms with Gasteiger partial charge >= 0.3 is 0 Å². The van der Waals surface area contributed by atoms with Gasteiger partial charge in [0.25, 0.3) is 0 Å². The molecule has 0 saturated heterocycles. The number of methoxy groups -OCH3 is 4. The van der Waals surface area contributed by atoms with Crippen LogP contribution in [0.3, 0.4) is 0 Å². The number of ether oxygens (including phenoxy) is 4. The number of aliphatic hydroxyl groups is 2. The van der Waals surface area contributed by atoms with Gasteiger partial charge in [-0.2, -0.15) is 0 Å². The summed E-state index contributed by atoms with van der Waals surface area (Å²) in [5, 5.41) is 21.0. The third kappa shape index (κ3) is 4.79. The Morgan fingerprint density at radius 3 is 1.54 bits per heavy atom. The van der Waals surface area contributed by atoms with Crippen LogP contribution in [0.25, 0.3) is 0 Å². The molecule has 0 radical (unpaired) electrons. The highest BCUT2D eigenvalue weighted by Crippen LogP contribution is 2.36. The second kappa shape index (κ2) is 9.41. The van der Waals surface area contributed by atoms with Gasteiger partial charge in [0.15, 0.2) is 0 Å². The molecule has 0 saturated carbocycles. The van der Waals surface area contributed by atoms with Crippen LogP contribution >= 0.6 is 0 Å². The van der Waals surface area contributed by atoms with Crippen molar-refractivity contribution in [2.75, 3.05) is 41.7 Å². The summed E-state index contributed by atoms with van der Waals surface area (Å²) in [7, 11) is 6.36. The largest absolute Gasteiger partial charge is 0.380 e. The molecule has 0 bridgehead atoms. The number of hydrogen-bond donors (Lipinski definition) is 2. The minimum absolute atomic E-state index is 0.118. The van der Waals surface area contributed by atoms with E-state index in [4.69, 9.17) is 18.9 Å². The highest BCUT2D eigenvalue weighted by atomic mass is 16.5. The van der Waals surface area contributed by atoms with E-state index >= 15 is 0 Å². The molecular weight excluding hydrogens is 336 g/mol. The zero-order valence-corrected chi connectivity index (χ0v) is 15.8. The van der Waals surface area contributed by atoms with Crippen LogP contribution in [-0.2, 0) is 32.2 Å². The van der Waals surface area contributed by atoms with Crippen LogP contribution in [0.1, 0.15) is 22.6 Å². The van der Waals surface area contributed by atoms with Crippen molar-refractivity contribution in [3.63, 3.8) is 0 Å².